The Labute approximate surface area is 113 Å². The zero-order valence-corrected chi connectivity index (χ0v) is 11.5. The molecule has 1 aromatic rings. The van der Waals surface area contributed by atoms with Crippen molar-refractivity contribution in [3.63, 3.8) is 0 Å². The number of hydrogen-bond acceptors (Lipinski definition) is 3. The van der Waals surface area contributed by atoms with Crippen LogP contribution in [0.25, 0.3) is 0 Å². The molecule has 0 bridgehead atoms. The van der Waals surface area contributed by atoms with E-state index in [1.807, 2.05) is 19.1 Å². The summed E-state index contributed by atoms with van der Waals surface area (Å²) in [4.78, 5) is 0. The Morgan fingerprint density at radius 3 is 2.56 bits per heavy atom. The van der Waals surface area contributed by atoms with E-state index in [0.717, 1.165) is 12.0 Å². The molecule has 0 saturated carbocycles. The maximum absolute atomic E-state index is 9.63. The van der Waals surface area contributed by atoms with Gasteiger partial charge < -0.3 is 14.9 Å². The van der Waals surface area contributed by atoms with E-state index in [1.54, 1.807) is 12.1 Å². The van der Waals surface area contributed by atoms with Crippen LogP contribution in [0.2, 0.25) is 5.02 Å². The average molecular weight is 273 g/mol. The van der Waals surface area contributed by atoms with Crippen molar-refractivity contribution in [1.82, 2.24) is 0 Å². The second-order valence-electron chi connectivity index (χ2n) is 4.41. The van der Waals surface area contributed by atoms with Gasteiger partial charge in [-0.2, -0.15) is 0 Å². The fourth-order valence-corrected chi connectivity index (χ4v) is 2.20. The van der Waals surface area contributed by atoms with Gasteiger partial charge in [0.2, 0.25) is 0 Å². The van der Waals surface area contributed by atoms with Gasteiger partial charge in [0.1, 0.15) is 0 Å². The zero-order chi connectivity index (χ0) is 13.4. The lowest BCUT2D eigenvalue weighted by Crippen LogP contribution is -2.35. The fourth-order valence-electron chi connectivity index (χ4n) is 2.01. The lowest BCUT2D eigenvalue weighted by molar-refractivity contribution is 0.0892. The van der Waals surface area contributed by atoms with Crippen molar-refractivity contribution in [1.29, 1.82) is 0 Å². The predicted octanol–water partition coefficient (Wildman–Crippen LogP) is 2.38. The smallest absolute Gasteiger partial charge is 0.0550 e. The van der Waals surface area contributed by atoms with Gasteiger partial charge in [0, 0.05) is 23.7 Å². The number of aliphatic hydroxyl groups is 2. The molecule has 18 heavy (non-hydrogen) atoms. The fraction of sp³-hybridized carbons (Fsp3) is 0.571. The monoisotopic (exact) mass is 272 g/mol. The Hall–Kier alpha value is -0.610. The van der Waals surface area contributed by atoms with Gasteiger partial charge in [-0.05, 0) is 37.5 Å². The molecule has 0 aromatic heterocycles. The minimum atomic E-state index is -0.637. The van der Waals surface area contributed by atoms with Crippen LogP contribution in [0.3, 0.4) is 0 Å². The summed E-state index contributed by atoms with van der Waals surface area (Å²) in [5, 5.41) is 19.9. The molecule has 0 saturated heterocycles. The van der Waals surface area contributed by atoms with E-state index in [4.69, 9.17) is 16.3 Å². The van der Waals surface area contributed by atoms with Crippen LogP contribution >= 0.6 is 11.6 Å². The lowest BCUT2D eigenvalue weighted by atomic mass is 9.78. The molecule has 0 amide bonds. The maximum Gasteiger partial charge on any atom is 0.0550 e. The highest BCUT2D eigenvalue weighted by Gasteiger charge is 2.30. The molecule has 0 fully saturated rings. The second kappa shape index (κ2) is 7.74. The van der Waals surface area contributed by atoms with Crippen molar-refractivity contribution >= 4 is 11.6 Å². The van der Waals surface area contributed by atoms with Crippen molar-refractivity contribution in [2.75, 3.05) is 26.4 Å². The Bertz CT molecular complexity index is 351. The molecular formula is C14H21ClO3. The van der Waals surface area contributed by atoms with Gasteiger partial charge in [0.25, 0.3) is 0 Å². The van der Waals surface area contributed by atoms with E-state index in [0.29, 0.717) is 24.7 Å². The van der Waals surface area contributed by atoms with E-state index >= 15 is 0 Å². The van der Waals surface area contributed by atoms with Crippen molar-refractivity contribution < 1.29 is 14.9 Å². The summed E-state index contributed by atoms with van der Waals surface area (Å²) >= 11 is 5.96. The summed E-state index contributed by atoms with van der Waals surface area (Å²) in [7, 11) is 0. The van der Waals surface area contributed by atoms with Crippen LogP contribution in [0.4, 0.5) is 0 Å². The van der Waals surface area contributed by atoms with Gasteiger partial charge in [-0.15, -0.1) is 0 Å². The average Bonchev–Trinajstić information content (AvgIpc) is 2.40. The van der Waals surface area contributed by atoms with Crippen LogP contribution in [-0.2, 0) is 10.2 Å². The van der Waals surface area contributed by atoms with Crippen LogP contribution in [-0.4, -0.2) is 36.6 Å². The third-order valence-corrected chi connectivity index (χ3v) is 3.43. The van der Waals surface area contributed by atoms with E-state index < -0.39 is 5.41 Å². The molecule has 0 heterocycles. The molecule has 1 rings (SSSR count). The maximum atomic E-state index is 9.63. The summed E-state index contributed by atoms with van der Waals surface area (Å²) < 4.78 is 5.29. The highest BCUT2D eigenvalue weighted by Crippen LogP contribution is 2.30. The molecule has 0 aliphatic carbocycles. The van der Waals surface area contributed by atoms with E-state index in [9.17, 15) is 10.2 Å². The first-order valence-electron chi connectivity index (χ1n) is 6.24. The number of rotatable bonds is 8. The largest absolute Gasteiger partial charge is 0.395 e. The number of benzene rings is 1. The summed E-state index contributed by atoms with van der Waals surface area (Å²) in [6, 6.07) is 7.30. The van der Waals surface area contributed by atoms with E-state index in [-0.39, 0.29) is 13.2 Å². The molecule has 0 aliphatic heterocycles. The SMILES string of the molecule is CCOCCCC(CO)(CO)c1cccc(Cl)c1. The van der Waals surface area contributed by atoms with Crippen LogP contribution in [0.1, 0.15) is 25.3 Å². The molecule has 3 nitrogen and oxygen atoms in total. The number of ether oxygens (including phenoxy) is 1. The normalized spacial score (nSPS) is 11.8. The van der Waals surface area contributed by atoms with Gasteiger partial charge in [-0.25, -0.2) is 0 Å². The highest BCUT2D eigenvalue weighted by atomic mass is 35.5. The third-order valence-electron chi connectivity index (χ3n) is 3.19. The first-order chi connectivity index (χ1) is 8.68. The van der Waals surface area contributed by atoms with Gasteiger partial charge in [-0.1, -0.05) is 23.7 Å². The zero-order valence-electron chi connectivity index (χ0n) is 10.7. The molecule has 2 N–H and O–H groups in total. The van der Waals surface area contributed by atoms with Crippen molar-refractivity contribution in [2.45, 2.75) is 25.2 Å². The minimum absolute atomic E-state index is 0.101. The van der Waals surface area contributed by atoms with Crippen LogP contribution in [0.5, 0.6) is 0 Å². The molecule has 0 unspecified atom stereocenters. The van der Waals surface area contributed by atoms with Crippen LogP contribution in [0, 0.1) is 0 Å². The Kier molecular flexibility index (Phi) is 6.65. The van der Waals surface area contributed by atoms with Crippen LogP contribution in [0.15, 0.2) is 24.3 Å². The summed E-state index contributed by atoms with van der Waals surface area (Å²) in [6.45, 7) is 3.06. The molecule has 0 aliphatic rings. The first-order valence-corrected chi connectivity index (χ1v) is 6.62. The highest BCUT2D eigenvalue weighted by molar-refractivity contribution is 6.30. The summed E-state index contributed by atoms with van der Waals surface area (Å²) in [6.07, 6.45) is 1.46. The molecule has 0 spiro atoms. The Balaban J connectivity index is 2.79. The molecule has 102 valence electrons. The molecular weight excluding hydrogens is 252 g/mol. The Morgan fingerprint density at radius 2 is 2.00 bits per heavy atom. The predicted molar refractivity (Wildman–Crippen MR) is 73.0 cm³/mol. The van der Waals surface area contributed by atoms with Crippen molar-refractivity contribution in [2.24, 2.45) is 0 Å². The van der Waals surface area contributed by atoms with E-state index in [1.165, 1.54) is 0 Å². The van der Waals surface area contributed by atoms with Crippen molar-refractivity contribution in [3.05, 3.63) is 34.9 Å². The standard InChI is InChI=1S/C14H21ClO3/c1-2-18-8-4-7-14(10-16,11-17)12-5-3-6-13(15)9-12/h3,5-6,9,16-17H,2,4,7-8,10-11H2,1H3. The van der Waals surface area contributed by atoms with Crippen LogP contribution < -0.4 is 0 Å². The van der Waals surface area contributed by atoms with Gasteiger partial charge in [0.05, 0.1) is 13.2 Å². The lowest BCUT2D eigenvalue weighted by Gasteiger charge is -2.30. The third kappa shape index (κ3) is 3.95. The Morgan fingerprint density at radius 1 is 1.28 bits per heavy atom. The summed E-state index contributed by atoms with van der Waals surface area (Å²) in [5.41, 5.74) is 0.235. The van der Waals surface area contributed by atoms with Gasteiger partial charge in [0.15, 0.2) is 0 Å². The molecule has 4 heteroatoms. The second-order valence-corrected chi connectivity index (χ2v) is 4.84. The van der Waals surface area contributed by atoms with Gasteiger partial charge >= 0.3 is 0 Å². The first kappa shape index (κ1) is 15.4. The minimum Gasteiger partial charge on any atom is -0.395 e. The number of aliphatic hydroxyl groups excluding tert-OH is 2. The molecule has 1 aromatic carbocycles. The van der Waals surface area contributed by atoms with Gasteiger partial charge in [-0.3, -0.25) is 0 Å². The number of hydrogen-bond donors (Lipinski definition) is 2. The molecule has 0 radical (unpaired) electrons. The number of halogens is 1. The van der Waals surface area contributed by atoms with Crippen molar-refractivity contribution in [3.8, 4) is 0 Å². The topological polar surface area (TPSA) is 49.7 Å². The molecule has 0 atom stereocenters. The quantitative estimate of drug-likeness (QED) is 0.715. The summed E-state index contributed by atoms with van der Waals surface area (Å²) in [5.74, 6) is 0. The van der Waals surface area contributed by atoms with E-state index in [2.05, 4.69) is 0 Å².